The number of rotatable bonds is 3. The van der Waals surface area contributed by atoms with Gasteiger partial charge < -0.3 is 11.1 Å². The van der Waals surface area contributed by atoms with E-state index in [0.717, 1.165) is 11.4 Å². The number of nitrogens with zero attached hydrogens (tertiary/aromatic N) is 1. The molecule has 4 nitrogen and oxygen atoms in total. The van der Waals surface area contributed by atoms with E-state index >= 15 is 0 Å². The summed E-state index contributed by atoms with van der Waals surface area (Å²) in [5, 5.41) is 2.70. The Hall–Kier alpha value is -1.42. The first-order valence-electron chi connectivity index (χ1n) is 4.55. The highest BCUT2D eigenvalue weighted by Crippen LogP contribution is 1.97. The van der Waals surface area contributed by atoms with E-state index in [1.165, 1.54) is 0 Å². The number of nitrogens with two attached hydrogens (primary N) is 1. The van der Waals surface area contributed by atoms with Crippen molar-refractivity contribution < 1.29 is 4.79 Å². The van der Waals surface area contributed by atoms with Crippen molar-refractivity contribution in [1.29, 1.82) is 0 Å². The molecule has 0 aliphatic heterocycles. The number of hydrogen-bond donors (Lipinski definition) is 2. The van der Waals surface area contributed by atoms with Crippen LogP contribution in [0.5, 0.6) is 0 Å². The monoisotopic (exact) mass is 193 g/mol. The Bertz CT molecular complexity index is 323. The van der Waals surface area contributed by atoms with Gasteiger partial charge in [0.1, 0.15) is 0 Å². The Morgan fingerprint density at radius 3 is 2.93 bits per heavy atom. The lowest BCUT2D eigenvalue weighted by molar-refractivity contribution is -0.122. The maximum absolute atomic E-state index is 11.1. The quantitative estimate of drug-likeness (QED) is 0.728. The number of pyridine rings is 1. The minimum atomic E-state index is -0.472. The van der Waals surface area contributed by atoms with Crippen molar-refractivity contribution in [2.24, 2.45) is 5.73 Å². The topological polar surface area (TPSA) is 68.0 Å². The number of aryl methyl sites for hydroxylation is 1. The van der Waals surface area contributed by atoms with E-state index in [0.29, 0.717) is 6.54 Å². The van der Waals surface area contributed by atoms with Crippen molar-refractivity contribution in [2.75, 3.05) is 0 Å². The zero-order valence-corrected chi connectivity index (χ0v) is 8.45. The lowest BCUT2D eigenvalue weighted by atomic mass is 10.3. The Kier molecular flexibility index (Phi) is 3.59. The molecule has 4 heteroatoms. The van der Waals surface area contributed by atoms with Gasteiger partial charge in [-0.2, -0.15) is 0 Å². The van der Waals surface area contributed by atoms with Gasteiger partial charge in [0.05, 0.1) is 18.3 Å². The second-order valence-corrected chi connectivity index (χ2v) is 3.28. The Balaban J connectivity index is 2.50. The summed E-state index contributed by atoms with van der Waals surface area (Å²) in [4.78, 5) is 15.4. The molecule has 1 atom stereocenters. The van der Waals surface area contributed by atoms with Crippen LogP contribution >= 0.6 is 0 Å². The highest BCUT2D eigenvalue weighted by Gasteiger charge is 2.06. The summed E-state index contributed by atoms with van der Waals surface area (Å²) in [6.07, 6.45) is 0. The fourth-order valence-electron chi connectivity index (χ4n) is 1.04. The molecule has 3 N–H and O–H groups in total. The Morgan fingerprint density at radius 1 is 1.64 bits per heavy atom. The van der Waals surface area contributed by atoms with Gasteiger partial charge in [0.2, 0.25) is 5.91 Å². The van der Waals surface area contributed by atoms with Gasteiger partial charge in [0, 0.05) is 5.69 Å². The van der Waals surface area contributed by atoms with Crippen molar-refractivity contribution in [1.82, 2.24) is 10.3 Å². The minimum absolute atomic E-state index is 0.159. The first kappa shape index (κ1) is 10.7. The van der Waals surface area contributed by atoms with E-state index in [2.05, 4.69) is 10.3 Å². The summed E-state index contributed by atoms with van der Waals surface area (Å²) in [7, 11) is 0. The third kappa shape index (κ3) is 3.14. The number of aromatic nitrogens is 1. The van der Waals surface area contributed by atoms with E-state index < -0.39 is 6.04 Å². The molecule has 0 fully saturated rings. The molecule has 0 unspecified atom stereocenters. The summed E-state index contributed by atoms with van der Waals surface area (Å²) in [6, 6.07) is 5.22. The van der Waals surface area contributed by atoms with Crippen LogP contribution in [0.3, 0.4) is 0 Å². The van der Waals surface area contributed by atoms with Gasteiger partial charge in [-0.15, -0.1) is 0 Å². The Morgan fingerprint density at radius 2 is 2.36 bits per heavy atom. The molecule has 1 amide bonds. The number of hydrogen-bond acceptors (Lipinski definition) is 3. The van der Waals surface area contributed by atoms with Gasteiger partial charge in [0.15, 0.2) is 0 Å². The summed E-state index contributed by atoms with van der Waals surface area (Å²) in [5.74, 6) is -0.159. The smallest absolute Gasteiger partial charge is 0.236 e. The standard InChI is InChI=1S/C10H15N3O/c1-7-4-3-5-9(13-7)6-12-10(14)8(2)11/h3-5,8H,6,11H2,1-2H3,(H,12,14)/t8-/m0/s1. The van der Waals surface area contributed by atoms with Crippen LogP contribution < -0.4 is 11.1 Å². The first-order chi connectivity index (χ1) is 6.59. The highest BCUT2D eigenvalue weighted by atomic mass is 16.2. The fraction of sp³-hybridized carbons (Fsp3) is 0.400. The molecule has 0 radical (unpaired) electrons. The summed E-state index contributed by atoms with van der Waals surface area (Å²) in [5.41, 5.74) is 7.19. The zero-order chi connectivity index (χ0) is 10.6. The van der Waals surface area contributed by atoms with E-state index in [4.69, 9.17) is 5.73 Å². The van der Waals surface area contributed by atoms with Gasteiger partial charge in [-0.05, 0) is 26.0 Å². The van der Waals surface area contributed by atoms with Gasteiger partial charge in [-0.1, -0.05) is 6.07 Å². The molecule has 76 valence electrons. The molecular weight excluding hydrogens is 178 g/mol. The van der Waals surface area contributed by atoms with Crippen molar-refractivity contribution >= 4 is 5.91 Å². The highest BCUT2D eigenvalue weighted by molar-refractivity contribution is 5.80. The third-order valence-corrected chi connectivity index (χ3v) is 1.80. The lowest BCUT2D eigenvalue weighted by Crippen LogP contribution is -2.37. The maximum atomic E-state index is 11.1. The molecule has 1 aromatic heterocycles. The molecule has 14 heavy (non-hydrogen) atoms. The van der Waals surface area contributed by atoms with Gasteiger partial charge in [-0.25, -0.2) is 0 Å². The molecule has 0 spiro atoms. The molecule has 1 rings (SSSR count). The third-order valence-electron chi connectivity index (χ3n) is 1.80. The van der Waals surface area contributed by atoms with E-state index in [1.54, 1.807) is 6.92 Å². The normalized spacial score (nSPS) is 12.2. The van der Waals surface area contributed by atoms with Crippen LogP contribution in [-0.2, 0) is 11.3 Å². The van der Waals surface area contributed by atoms with E-state index in [9.17, 15) is 4.79 Å². The largest absolute Gasteiger partial charge is 0.349 e. The van der Waals surface area contributed by atoms with Crippen LogP contribution in [0, 0.1) is 6.92 Å². The number of carbonyl (C=O) groups excluding carboxylic acids is 1. The lowest BCUT2D eigenvalue weighted by Gasteiger charge is -2.07. The molecule has 0 saturated heterocycles. The summed E-state index contributed by atoms with van der Waals surface area (Å²) >= 11 is 0. The van der Waals surface area contributed by atoms with Crippen LogP contribution in [0.4, 0.5) is 0 Å². The van der Waals surface area contributed by atoms with E-state index in [-0.39, 0.29) is 5.91 Å². The van der Waals surface area contributed by atoms with Crippen molar-refractivity contribution in [3.8, 4) is 0 Å². The fourth-order valence-corrected chi connectivity index (χ4v) is 1.04. The van der Waals surface area contributed by atoms with Crippen molar-refractivity contribution in [3.63, 3.8) is 0 Å². The average Bonchev–Trinajstić information content (AvgIpc) is 2.14. The summed E-state index contributed by atoms with van der Waals surface area (Å²) in [6.45, 7) is 4.00. The molecule has 1 heterocycles. The summed E-state index contributed by atoms with van der Waals surface area (Å²) < 4.78 is 0. The van der Waals surface area contributed by atoms with Gasteiger partial charge >= 0.3 is 0 Å². The van der Waals surface area contributed by atoms with Crippen LogP contribution in [0.25, 0.3) is 0 Å². The van der Waals surface area contributed by atoms with Crippen LogP contribution in [0.2, 0.25) is 0 Å². The minimum Gasteiger partial charge on any atom is -0.349 e. The molecule has 0 bridgehead atoms. The second-order valence-electron chi connectivity index (χ2n) is 3.28. The van der Waals surface area contributed by atoms with Crippen LogP contribution in [0.15, 0.2) is 18.2 Å². The number of amides is 1. The molecule has 0 saturated carbocycles. The van der Waals surface area contributed by atoms with Crippen LogP contribution in [-0.4, -0.2) is 16.9 Å². The number of carbonyl (C=O) groups is 1. The maximum Gasteiger partial charge on any atom is 0.236 e. The van der Waals surface area contributed by atoms with Crippen molar-refractivity contribution in [3.05, 3.63) is 29.6 Å². The molecule has 0 aromatic carbocycles. The van der Waals surface area contributed by atoms with Gasteiger partial charge in [-0.3, -0.25) is 9.78 Å². The zero-order valence-electron chi connectivity index (χ0n) is 8.45. The molecular formula is C10H15N3O. The van der Waals surface area contributed by atoms with Crippen molar-refractivity contribution in [2.45, 2.75) is 26.4 Å². The van der Waals surface area contributed by atoms with E-state index in [1.807, 2.05) is 25.1 Å². The predicted molar refractivity (Wildman–Crippen MR) is 54.5 cm³/mol. The van der Waals surface area contributed by atoms with Crippen LogP contribution in [0.1, 0.15) is 18.3 Å². The predicted octanol–water partition coefficient (Wildman–Crippen LogP) is 0.353. The average molecular weight is 193 g/mol. The SMILES string of the molecule is Cc1cccc(CNC(=O)[C@H](C)N)n1. The van der Waals surface area contributed by atoms with Gasteiger partial charge in [0.25, 0.3) is 0 Å². The Labute approximate surface area is 83.5 Å². The second kappa shape index (κ2) is 4.72. The molecule has 0 aliphatic rings. The molecule has 1 aromatic rings. The molecule has 0 aliphatic carbocycles. The number of nitrogens with one attached hydrogen (secondary N) is 1. The first-order valence-corrected chi connectivity index (χ1v) is 4.55.